The van der Waals surface area contributed by atoms with Crippen molar-refractivity contribution < 1.29 is 57.0 Å². The number of carbonyl (C=O) groups is 1. The highest BCUT2D eigenvalue weighted by Crippen LogP contribution is 2.40. The van der Waals surface area contributed by atoms with Gasteiger partial charge < -0.3 is 52.2 Å². The van der Waals surface area contributed by atoms with E-state index in [1.807, 2.05) is 212 Å². The number of hydrogen-bond acceptors (Lipinski definition) is 12. The van der Waals surface area contributed by atoms with E-state index in [9.17, 15) is 5.11 Å². The maximum absolute atomic E-state index is 15.3. The van der Waals surface area contributed by atoms with Gasteiger partial charge in [0.1, 0.15) is 49.3 Å². The SMILES string of the molecule is CC(C)(C)[Si](C)(C)OC[C@@H]1[C@@H](OCc2ccccc2)[C@H](O[C@H]2O[C@H](COCc3ccccc3)[C@@H](OCc3ccccc3)[C@H](OCc3ccccc3)[C@@H]2OCc2ccccc2)[C@H](O)[C@@H](COCc2ccccc2)N1C(=O)OCc1ccccc1. The predicted molar refractivity (Wildman–Crippen MR) is 321 cm³/mol. The maximum Gasteiger partial charge on any atom is 0.410 e. The average molecular weight is 1140 g/mol. The summed E-state index contributed by atoms with van der Waals surface area (Å²) in [5, 5.41) is 13.3. The molecule has 0 bridgehead atoms. The van der Waals surface area contributed by atoms with Crippen molar-refractivity contribution in [3.63, 3.8) is 0 Å². The second-order valence-electron chi connectivity index (χ2n) is 22.8. The molecule has 2 heterocycles. The van der Waals surface area contributed by atoms with Gasteiger partial charge in [-0.05, 0) is 57.1 Å². The van der Waals surface area contributed by atoms with Crippen LogP contribution in [-0.4, -0.2) is 105 Å². The van der Waals surface area contributed by atoms with E-state index in [1.54, 1.807) is 4.90 Å². The molecule has 13 nitrogen and oxygen atoms in total. The third kappa shape index (κ3) is 17.4. The van der Waals surface area contributed by atoms with Gasteiger partial charge in [0.05, 0.1) is 71.5 Å². The van der Waals surface area contributed by atoms with E-state index in [-0.39, 0.29) is 64.5 Å². The summed E-state index contributed by atoms with van der Waals surface area (Å²) >= 11 is 0. The molecule has 10 atom stereocenters. The average Bonchev–Trinajstić information content (AvgIpc) is 3.68. The first kappa shape index (κ1) is 61.2. The first-order chi connectivity index (χ1) is 40.4. The number of nitrogens with zero attached hydrogens (tertiary/aromatic N) is 1. The monoisotopic (exact) mass is 1140 g/mol. The molecule has 0 unspecified atom stereocenters. The Labute approximate surface area is 491 Å². The molecule has 2 aliphatic rings. The summed E-state index contributed by atoms with van der Waals surface area (Å²) < 4.78 is 69.8. The van der Waals surface area contributed by atoms with E-state index >= 15 is 4.79 Å². The van der Waals surface area contributed by atoms with E-state index in [1.165, 1.54) is 0 Å². The molecular formula is C69H81NO12Si. The van der Waals surface area contributed by atoms with Crippen molar-refractivity contribution in [1.29, 1.82) is 0 Å². The Kier molecular flexibility index (Phi) is 22.4. The maximum atomic E-state index is 15.3. The van der Waals surface area contributed by atoms with Crippen molar-refractivity contribution in [3.8, 4) is 0 Å². The summed E-state index contributed by atoms with van der Waals surface area (Å²) in [6, 6.07) is 67.0. The fourth-order valence-electron chi connectivity index (χ4n) is 10.1. The van der Waals surface area contributed by atoms with Gasteiger partial charge in [0.2, 0.25) is 0 Å². The van der Waals surface area contributed by atoms with Gasteiger partial charge in [-0.1, -0.05) is 233 Å². The molecule has 0 spiro atoms. The molecule has 7 aromatic carbocycles. The Balaban J connectivity index is 1.16. The van der Waals surface area contributed by atoms with Crippen LogP contribution < -0.4 is 0 Å². The molecule has 14 heteroatoms. The Morgan fingerprint density at radius 3 is 1.23 bits per heavy atom. The molecule has 9 rings (SSSR count). The van der Waals surface area contributed by atoms with Crippen LogP contribution >= 0.6 is 0 Å². The second-order valence-corrected chi connectivity index (χ2v) is 27.6. The van der Waals surface area contributed by atoms with Crippen LogP contribution in [0, 0.1) is 0 Å². The fourth-order valence-corrected chi connectivity index (χ4v) is 11.2. The minimum Gasteiger partial charge on any atom is -0.445 e. The lowest BCUT2D eigenvalue weighted by molar-refractivity contribution is -0.353. The van der Waals surface area contributed by atoms with E-state index in [0.29, 0.717) is 6.61 Å². The molecule has 7 aromatic rings. The highest BCUT2D eigenvalue weighted by atomic mass is 28.4. The van der Waals surface area contributed by atoms with Crippen LogP contribution in [0.3, 0.4) is 0 Å². The molecule has 2 aliphatic heterocycles. The predicted octanol–water partition coefficient (Wildman–Crippen LogP) is 12.6. The summed E-state index contributed by atoms with van der Waals surface area (Å²) in [6.07, 6.45) is -9.08. The Morgan fingerprint density at radius 1 is 0.446 bits per heavy atom. The number of ether oxygens (including phenoxy) is 9. The first-order valence-corrected chi connectivity index (χ1v) is 31.8. The third-order valence-electron chi connectivity index (χ3n) is 15.8. The van der Waals surface area contributed by atoms with E-state index in [4.69, 9.17) is 47.1 Å². The van der Waals surface area contributed by atoms with Gasteiger partial charge in [-0.25, -0.2) is 4.79 Å². The standard InChI is InChI=1S/C69H81NO12Si/c1-69(2,3)83(4,5)80-49-59-62(75-43-53-31-17-8-18-32-53)64(61(71)58(48-73-41-51-27-13-6-14-28-51)70(59)68(72)79-47-57-39-25-12-26-40-57)82-67-66(78-46-56-37-23-11-24-38-56)65(77-45-55-35-21-10-22-36-55)63(76-44-54-33-19-9-20-34-54)60(81-67)50-74-42-52-29-15-7-16-30-52/h6-40,58-67,71H,41-50H2,1-5H3/t58-,59-,60-,61-,62-,63-,64-,65+,66+,67-/m1/s1. The number of carbonyl (C=O) groups excluding carboxylic acids is 1. The molecule has 1 N–H and O–H groups in total. The van der Waals surface area contributed by atoms with Crippen molar-refractivity contribution in [1.82, 2.24) is 4.90 Å². The highest BCUT2D eigenvalue weighted by molar-refractivity contribution is 6.74. The minimum atomic E-state index is -2.56. The van der Waals surface area contributed by atoms with Crippen LogP contribution in [0.5, 0.6) is 0 Å². The van der Waals surface area contributed by atoms with Gasteiger partial charge in [0.15, 0.2) is 14.6 Å². The fraction of sp³-hybridized carbons (Fsp3) is 0.377. The highest BCUT2D eigenvalue weighted by Gasteiger charge is 2.57. The zero-order valence-electron chi connectivity index (χ0n) is 48.4. The van der Waals surface area contributed by atoms with Gasteiger partial charge in [0, 0.05) is 0 Å². The Bertz CT molecular complexity index is 2950. The van der Waals surface area contributed by atoms with Gasteiger partial charge in [-0.3, -0.25) is 4.90 Å². The largest absolute Gasteiger partial charge is 0.445 e. The molecule has 83 heavy (non-hydrogen) atoms. The number of rotatable bonds is 27. The number of piperidine rings is 1. The smallest absolute Gasteiger partial charge is 0.410 e. The minimum absolute atomic E-state index is 0.0168. The van der Waals surface area contributed by atoms with Gasteiger partial charge in [-0.2, -0.15) is 0 Å². The number of amides is 1. The van der Waals surface area contributed by atoms with Crippen molar-refractivity contribution in [2.75, 3.05) is 19.8 Å². The second kappa shape index (κ2) is 30.4. The summed E-state index contributed by atoms with van der Waals surface area (Å²) in [4.78, 5) is 16.8. The van der Waals surface area contributed by atoms with E-state index < -0.39 is 75.5 Å². The van der Waals surface area contributed by atoms with Crippen molar-refractivity contribution in [2.24, 2.45) is 0 Å². The zero-order valence-corrected chi connectivity index (χ0v) is 49.4. The van der Waals surface area contributed by atoms with Crippen LogP contribution in [0.25, 0.3) is 0 Å². The van der Waals surface area contributed by atoms with Crippen LogP contribution in [0.15, 0.2) is 212 Å². The summed E-state index contributed by atoms with van der Waals surface area (Å²) in [5.41, 5.74) is 6.39. The zero-order chi connectivity index (χ0) is 57.9. The molecule has 0 saturated carbocycles. The van der Waals surface area contributed by atoms with Gasteiger partial charge in [0.25, 0.3) is 0 Å². The number of hydrogen-bond donors (Lipinski definition) is 1. The topological polar surface area (TPSA) is 133 Å². The van der Waals surface area contributed by atoms with Crippen molar-refractivity contribution in [2.45, 2.75) is 146 Å². The lowest BCUT2D eigenvalue weighted by Crippen LogP contribution is -2.72. The number of aliphatic hydroxyl groups is 1. The van der Waals surface area contributed by atoms with Gasteiger partial charge >= 0.3 is 6.09 Å². The first-order valence-electron chi connectivity index (χ1n) is 28.9. The molecular weight excluding hydrogens is 1060 g/mol. The lowest BCUT2D eigenvalue weighted by Gasteiger charge is -2.53. The molecule has 0 radical (unpaired) electrons. The van der Waals surface area contributed by atoms with Crippen molar-refractivity contribution in [3.05, 3.63) is 251 Å². The van der Waals surface area contributed by atoms with E-state index in [0.717, 1.165) is 38.9 Å². The Hall–Kier alpha value is -6.37. The lowest BCUT2D eigenvalue weighted by atomic mass is 9.87. The number of benzene rings is 7. The van der Waals surface area contributed by atoms with E-state index in [2.05, 4.69) is 33.9 Å². The number of likely N-dealkylation sites (tertiary alicyclic amines) is 1. The van der Waals surface area contributed by atoms with Crippen LogP contribution in [0.1, 0.15) is 59.7 Å². The summed E-state index contributed by atoms with van der Waals surface area (Å²) in [6.45, 7) is 12.0. The number of aliphatic hydroxyl groups excluding tert-OH is 1. The third-order valence-corrected chi connectivity index (χ3v) is 20.3. The molecule has 0 aliphatic carbocycles. The molecule has 1 amide bonds. The quantitative estimate of drug-likeness (QED) is 0.0492. The van der Waals surface area contributed by atoms with Crippen LogP contribution in [0.4, 0.5) is 4.79 Å². The van der Waals surface area contributed by atoms with Crippen LogP contribution in [-0.2, 0) is 93.3 Å². The molecule has 0 aromatic heterocycles. The van der Waals surface area contributed by atoms with Gasteiger partial charge in [-0.15, -0.1) is 0 Å². The summed E-state index contributed by atoms with van der Waals surface area (Å²) in [7, 11) is -2.56. The summed E-state index contributed by atoms with van der Waals surface area (Å²) in [5.74, 6) is 0. The molecule has 438 valence electrons. The molecule has 2 fully saturated rings. The molecule has 2 saturated heterocycles. The van der Waals surface area contributed by atoms with Crippen LogP contribution in [0.2, 0.25) is 18.1 Å². The normalized spacial score (nSPS) is 22.9. The Morgan fingerprint density at radius 2 is 0.807 bits per heavy atom. The van der Waals surface area contributed by atoms with Crippen molar-refractivity contribution >= 4 is 14.4 Å².